The van der Waals surface area contributed by atoms with Gasteiger partial charge in [-0.15, -0.1) is 0 Å². The molecule has 0 amide bonds. The summed E-state index contributed by atoms with van der Waals surface area (Å²) in [6, 6.07) is 4.23. The molecule has 0 aliphatic heterocycles. The summed E-state index contributed by atoms with van der Waals surface area (Å²) in [7, 11) is -3.48. The van der Waals surface area contributed by atoms with E-state index in [4.69, 9.17) is 28.9 Å². The molecule has 0 fully saturated rings. The SMILES string of the molecule is CC(N)CC(C)S(=O)(=O)c1cc(Cl)ccc1Cl. The number of nitrogens with two attached hydrogens (primary N) is 1. The Kier molecular flexibility index (Phi) is 4.84. The highest BCUT2D eigenvalue weighted by atomic mass is 35.5. The van der Waals surface area contributed by atoms with Crippen LogP contribution < -0.4 is 5.73 Å². The first-order valence-electron chi connectivity index (χ1n) is 5.19. The number of hydrogen-bond acceptors (Lipinski definition) is 3. The summed E-state index contributed by atoms with van der Waals surface area (Å²) in [6.07, 6.45) is 0.380. The second-order valence-corrected chi connectivity index (χ2v) is 7.32. The van der Waals surface area contributed by atoms with Crippen LogP contribution in [0.2, 0.25) is 10.0 Å². The van der Waals surface area contributed by atoms with Crippen molar-refractivity contribution in [2.24, 2.45) is 5.73 Å². The van der Waals surface area contributed by atoms with E-state index in [2.05, 4.69) is 0 Å². The van der Waals surface area contributed by atoms with E-state index in [9.17, 15) is 8.42 Å². The smallest absolute Gasteiger partial charge is 0.182 e. The number of hydrogen-bond donors (Lipinski definition) is 1. The van der Waals surface area contributed by atoms with Crippen LogP contribution in [0.4, 0.5) is 0 Å². The van der Waals surface area contributed by atoms with Gasteiger partial charge in [0.2, 0.25) is 0 Å². The van der Waals surface area contributed by atoms with Crippen LogP contribution in [0.5, 0.6) is 0 Å². The van der Waals surface area contributed by atoms with Crippen molar-refractivity contribution in [1.29, 1.82) is 0 Å². The summed E-state index contributed by atoms with van der Waals surface area (Å²) in [5, 5.41) is -0.0506. The molecule has 0 aliphatic carbocycles. The minimum Gasteiger partial charge on any atom is -0.328 e. The van der Waals surface area contributed by atoms with Crippen molar-refractivity contribution in [2.45, 2.75) is 36.5 Å². The van der Waals surface area contributed by atoms with E-state index in [1.807, 2.05) is 0 Å². The molecule has 0 radical (unpaired) electrons. The molecule has 6 heteroatoms. The predicted molar refractivity (Wildman–Crippen MR) is 71.4 cm³/mol. The third-order valence-corrected chi connectivity index (χ3v) is 5.31. The highest BCUT2D eigenvalue weighted by Crippen LogP contribution is 2.29. The molecular formula is C11H15Cl2NO2S. The van der Waals surface area contributed by atoms with Crippen molar-refractivity contribution in [3.63, 3.8) is 0 Å². The fraction of sp³-hybridized carbons (Fsp3) is 0.455. The maximum absolute atomic E-state index is 12.2. The molecule has 2 N–H and O–H groups in total. The number of rotatable bonds is 4. The van der Waals surface area contributed by atoms with Crippen LogP contribution in [-0.4, -0.2) is 19.7 Å². The minimum absolute atomic E-state index is 0.0693. The lowest BCUT2D eigenvalue weighted by Crippen LogP contribution is -2.27. The molecule has 0 spiro atoms. The molecule has 1 aromatic rings. The molecule has 2 unspecified atom stereocenters. The molecule has 0 saturated carbocycles. The Morgan fingerprint density at radius 3 is 2.41 bits per heavy atom. The molecule has 0 heterocycles. The molecule has 96 valence electrons. The fourth-order valence-electron chi connectivity index (χ4n) is 1.56. The van der Waals surface area contributed by atoms with Crippen LogP contribution in [0.3, 0.4) is 0 Å². The summed E-state index contributed by atoms with van der Waals surface area (Å²) in [4.78, 5) is 0.0693. The summed E-state index contributed by atoms with van der Waals surface area (Å²) in [5.41, 5.74) is 5.61. The third-order valence-electron chi connectivity index (χ3n) is 2.43. The van der Waals surface area contributed by atoms with Gasteiger partial charge in [0.05, 0.1) is 15.2 Å². The summed E-state index contributed by atoms with van der Waals surface area (Å²) in [6.45, 7) is 3.39. The van der Waals surface area contributed by atoms with E-state index >= 15 is 0 Å². The lowest BCUT2D eigenvalue weighted by Gasteiger charge is -2.16. The van der Waals surface area contributed by atoms with Crippen LogP contribution in [0, 0.1) is 0 Å². The second-order valence-electron chi connectivity index (χ2n) is 4.14. The molecule has 0 aliphatic rings. The van der Waals surface area contributed by atoms with Crippen molar-refractivity contribution >= 4 is 33.0 Å². The molecule has 17 heavy (non-hydrogen) atoms. The van der Waals surface area contributed by atoms with Crippen LogP contribution >= 0.6 is 23.2 Å². The zero-order chi connectivity index (χ0) is 13.2. The predicted octanol–water partition coefficient (Wildman–Crippen LogP) is 2.89. The zero-order valence-electron chi connectivity index (χ0n) is 9.65. The second kappa shape index (κ2) is 5.57. The van der Waals surface area contributed by atoms with Gasteiger partial charge in [0.1, 0.15) is 0 Å². The third kappa shape index (κ3) is 3.58. The molecule has 2 atom stereocenters. The van der Waals surface area contributed by atoms with Crippen molar-refractivity contribution in [2.75, 3.05) is 0 Å². The van der Waals surface area contributed by atoms with Crippen molar-refractivity contribution in [3.8, 4) is 0 Å². The van der Waals surface area contributed by atoms with Crippen molar-refractivity contribution in [3.05, 3.63) is 28.2 Å². The molecule has 0 bridgehead atoms. The van der Waals surface area contributed by atoms with Crippen LogP contribution in [-0.2, 0) is 9.84 Å². The quantitative estimate of drug-likeness (QED) is 0.929. The topological polar surface area (TPSA) is 60.2 Å². The average Bonchev–Trinajstić information content (AvgIpc) is 2.20. The lowest BCUT2D eigenvalue weighted by atomic mass is 10.2. The van der Waals surface area contributed by atoms with E-state index in [-0.39, 0.29) is 16.0 Å². The zero-order valence-corrected chi connectivity index (χ0v) is 12.0. The Morgan fingerprint density at radius 1 is 1.29 bits per heavy atom. The molecule has 1 rings (SSSR count). The maximum atomic E-state index is 12.2. The molecule has 0 saturated heterocycles. The molecule has 3 nitrogen and oxygen atoms in total. The monoisotopic (exact) mass is 295 g/mol. The van der Waals surface area contributed by atoms with Gasteiger partial charge in [0.25, 0.3) is 0 Å². The Hall–Kier alpha value is -0.290. The highest BCUT2D eigenvalue weighted by Gasteiger charge is 2.26. The van der Waals surface area contributed by atoms with Crippen molar-refractivity contribution in [1.82, 2.24) is 0 Å². The van der Waals surface area contributed by atoms with Gasteiger partial charge < -0.3 is 5.73 Å². The Balaban J connectivity index is 3.17. The van der Waals surface area contributed by atoms with E-state index < -0.39 is 15.1 Å². The molecule has 0 aromatic heterocycles. The highest BCUT2D eigenvalue weighted by molar-refractivity contribution is 7.92. The first-order chi connectivity index (χ1) is 7.75. The molecule has 1 aromatic carbocycles. The Labute approximate surface area is 112 Å². The largest absolute Gasteiger partial charge is 0.328 e. The van der Waals surface area contributed by atoms with Gasteiger partial charge in [-0.1, -0.05) is 23.2 Å². The van der Waals surface area contributed by atoms with Gasteiger partial charge in [-0.05, 0) is 38.5 Å². The fourth-order valence-corrected chi connectivity index (χ4v) is 3.86. The van der Waals surface area contributed by atoms with Gasteiger partial charge in [-0.25, -0.2) is 8.42 Å². The summed E-state index contributed by atoms with van der Waals surface area (Å²) < 4.78 is 24.5. The van der Waals surface area contributed by atoms with Crippen LogP contribution in [0.1, 0.15) is 20.3 Å². The first kappa shape index (κ1) is 14.8. The van der Waals surface area contributed by atoms with E-state index in [1.165, 1.54) is 12.1 Å². The first-order valence-corrected chi connectivity index (χ1v) is 7.50. The summed E-state index contributed by atoms with van der Waals surface area (Å²) in [5.74, 6) is 0. The van der Waals surface area contributed by atoms with Gasteiger partial charge in [-0.2, -0.15) is 0 Å². The maximum Gasteiger partial charge on any atom is 0.182 e. The van der Waals surface area contributed by atoms with Crippen LogP contribution in [0.15, 0.2) is 23.1 Å². The van der Waals surface area contributed by atoms with E-state index in [0.717, 1.165) is 0 Å². The van der Waals surface area contributed by atoms with E-state index in [0.29, 0.717) is 11.4 Å². The molecular weight excluding hydrogens is 281 g/mol. The van der Waals surface area contributed by atoms with Crippen molar-refractivity contribution < 1.29 is 8.42 Å². The lowest BCUT2D eigenvalue weighted by molar-refractivity contribution is 0.563. The number of benzene rings is 1. The Bertz CT molecular complexity index is 500. The van der Waals surface area contributed by atoms with Gasteiger partial charge in [-0.3, -0.25) is 0 Å². The number of halogens is 2. The Morgan fingerprint density at radius 2 is 1.88 bits per heavy atom. The number of sulfone groups is 1. The minimum atomic E-state index is -3.48. The van der Waals surface area contributed by atoms with E-state index in [1.54, 1.807) is 19.9 Å². The average molecular weight is 296 g/mol. The summed E-state index contributed by atoms with van der Waals surface area (Å²) >= 11 is 11.7. The normalized spacial score (nSPS) is 15.6. The van der Waals surface area contributed by atoms with Crippen LogP contribution in [0.25, 0.3) is 0 Å². The van der Waals surface area contributed by atoms with Gasteiger partial charge in [0, 0.05) is 11.1 Å². The van der Waals surface area contributed by atoms with Gasteiger partial charge >= 0.3 is 0 Å². The standard InChI is InChI=1S/C11H15Cl2NO2S/c1-7(14)5-8(2)17(15,16)11-6-9(12)3-4-10(11)13/h3-4,6-8H,5,14H2,1-2H3. The van der Waals surface area contributed by atoms with Gasteiger partial charge in [0.15, 0.2) is 9.84 Å².